The topological polar surface area (TPSA) is 108 Å². The van der Waals surface area contributed by atoms with Gasteiger partial charge < -0.3 is 18.9 Å². The Morgan fingerprint density at radius 2 is 0.981 bits per heavy atom. The molecule has 0 aromatic rings. The van der Waals surface area contributed by atoms with Gasteiger partial charge >= 0.3 is 19.8 Å². The lowest BCUT2D eigenvalue weighted by Gasteiger charge is -2.24. The van der Waals surface area contributed by atoms with Crippen LogP contribution in [0, 0.1) is 0 Å². The number of rotatable bonds is 39. The van der Waals surface area contributed by atoms with Crippen LogP contribution in [0.3, 0.4) is 0 Å². The van der Waals surface area contributed by atoms with Gasteiger partial charge in [-0.15, -0.1) is 0 Å². The fraction of sp³-hybridized carbons (Fsp3) is 0.905. The van der Waals surface area contributed by atoms with Crippen LogP contribution in [-0.2, 0) is 32.7 Å². The van der Waals surface area contributed by atoms with E-state index in [9.17, 15) is 19.0 Å². The number of carbonyl (C=O) groups excluding carboxylic acids is 2. The van der Waals surface area contributed by atoms with Crippen molar-refractivity contribution in [2.75, 3.05) is 47.5 Å². The zero-order valence-corrected chi connectivity index (χ0v) is 35.5. The molecular formula is C42H83NO8P+. The maximum absolute atomic E-state index is 12.7. The molecule has 9 nitrogen and oxygen atoms in total. The van der Waals surface area contributed by atoms with E-state index in [1.807, 2.05) is 21.1 Å². The molecule has 0 fully saturated rings. The number of nitrogens with zero attached hydrogens (tertiary/aromatic N) is 1. The van der Waals surface area contributed by atoms with E-state index in [1.54, 1.807) is 0 Å². The average Bonchev–Trinajstić information content (AvgIpc) is 3.09. The molecule has 0 saturated heterocycles. The second kappa shape index (κ2) is 35.5. The zero-order chi connectivity index (χ0) is 38.6. The SMILES string of the molecule is CCCCCCCCCCCCCCCC(=O)OC[C@H](COP(=O)(O)OCC[N+](C)(C)C)OC(=O)CCCCCCC/C=C/CCCCCCC[13CH3]. The van der Waals surface area contributed by atoms with Crippen molar-refractivity contribution in [1.82, 2.24) is 0 Å². The number of phosphoric acid groups is 1. The Labute approximate surface area is 320 Å². The largest absolute Gasteiger partial charge is 0.472 e. The Morgan fingerprint density at radius 1 is 0.577 bits per heavy atom. The van der Waals surface area contributed by atoms with Crippen LogP contribution in [0.25, 0.3) is 0 Å². The van der Waals surface area contributed by atoms with Crippen LogP contribution in [-0.4, -0.2) is 74.9 Å². The molecule has 0 aliphatic rings. The third kappa shape index (κ3) is 38.5. The molecule has 0 rings (SSSR count). The van der Waals surface area contributed by atoms with Crippen molar-refractivity contribution in [3.05, 3.63) is 12.2 Å². The number of ether oxygens (including phenoxy) is 2. The first kappa shape index (κ1) is 50.8. The summed E-state index contributed by atoms with van der Waals surface area (Å²) in [6, 6.07) is 0. The van der Waals surface area contributed by atoms with Gasteiger partial charge in [-0.3, -0.25) is 18.6 Å². The number of allylic oxidation sites excluding steroid dienone is 2. The van der Waals surface area contributed by atoms with Crippen molar-refractivity contribution in [2.24, 2.45) is 0 Å². The highest BCUT2D eigenvalue weighted by molar-refractivity contribution is 7.47. The number of hydrogen-bond donors (Lipinski definition) is 1. The number of esters is 2. The predicted octanol–water partition coefficient (Wildman–Crippen LogP) is 11.8. The van der Waals surface area contributed by atoms with E-state index in [-0.39, 0.29) is 25.6 Å². The lowest BCUT2D eigenvalue weighted by molar-refractivity contribution is -0.870. The fourth-order valence-electron chi connectivity index (χ4n) is 5.89. The molecule has 0 saturated carbocycles. The Bertz CT molecular complexity index is 907. The van der Waals surface area contributed by atoms with Gasteiger partial charge in [0.05, 0.1) is 27.7 Å². The molecule has 308 valence electrons. The quantitative estimate of drug-likeness (QED) is 0.0165. The third-order valence-corrected chi connectivity index (χ3v) is 10.3. The zero-order valence-electron chi connectivity index (χ0n) is 34.6. The molecule has 0 radical (unpaired) electrons. The molecule has 0 spiro atoms. The summed E-state index contributed by atoms with van der Waals surface area (Å²) >= 11 is 0. The molecule has 10 heteroatoms. The molecule has 0 heterocycles. The van der Waals surface area contributed by atoms with Crippen molar-refractivity contribution in [2.45, 2.75) is 200 Å². The van der Waals surface area contributed by atoms with Gasteiger partial charge in [-0.1, -0.05) is 154 Å². The molecule has 52 heavy (non-hydrogen) atoms. The molecule has 0 amide bonds. The number of unbranched alkanes of at least 4 members (excludes halogenated alkanes) is 23. The minimum atomic E-state index is -4.37. The lowest BCUT2D eigenvalue weighted by atomic mass is 10.0. The monoisotopic (exact) mass is 762 g/mol. The Balaban J connectivity index is 4.37. The van der Waals surface area contributed by atoms with E-state index in [1.165, 1.54) is 109 Å². The summed E-state index contributed by atoms with van der Waals surface area (Å²) in [7, 11) is 1.48. The highest BCUT2D eigenvalue weighted by Gasteiger charge is 2.27. The Morgan fingerprint density at radius 3 is 1.42 bits per heavy atom. The molecule has 0 aromatic heterocycles. The van der Waals surface area contributed by atoms with Crippen LogP contribution in [0.2, 0.25) is 0 Å². The van der Waals surface area contributed by atoms with Gasteiger partial charge in [-0.25, -0.2) is 4.57 Å². The van der Waals surface area contributed by atoms with Crippen molar-refractivity contribution < 1.29 is 42.1 Å². The van der Waals surface area contributed by atoms with Gasteiger partial charge in [0, 0.05) is 12.8 Å². The molecule has 0 bridgehead atoms. The second-order valence-corrected chi connectivity index (χ2v) is 17.2. The molecule has 1 N–H and O–H groups in total. The summed E-state index contributed by atoms with van der Waals surface area (Å²) in [5, 5.41) is 0. The van der Waals surface area contributed by atoms with Gasteiger partial charge in [-0.2, -0.15) is 0 Å². The summed E-state index contributed by atoms with van der Waals surface area (Å²) < 4.78 is 34.3. The summed E-state index contributed by atoms with van der Waals surface area (Å²) in [6.45, 7) is 4.42. The standard InChI is InChI=1S/C42H82NO8P/c1-6-8-10-12-14-16-18-20-21-23-25-27-29-31-33-35-42(45)51-40(39-50-52(46,47)49-37-36-43(3,4)5)38-48-41(44)34-32-30-28-26-24-22-19-17-15-13-11-9-7-2/h20-21,40H,6-19,22-39H2,1-5H3/p+1/b21-20+/t40-/m1/s1/i1+1. The minimum Gasteiger partial charge on any atom is -0.462 e. The Hall–Kier alpha value is -1.25. The number of quaternary nitrogens is 1. The van der Waals surface area contributed by atoms with Crippen LogP contribution in [0.1, 0.15) is 194 Å². The van der Waals surface area contributed by atoms with Crippen LogP contribution in [0.15, 0.2) is 12.2 Å². The van der Waals surface area contributed by atoms with E-state index in [0.29, 0.717) is 23.9 Å². The van der Waals surface area contributed by atoms with Crippen molar-refractivity contribution >= 4 is 19.8 Å². The van der Waals surface area contributed by atoms with Crippen molar-refractivity contribution in [3.63, 3.8) is 0 Å². The highest BCUT2D eigenvalue weighted by atomic mass is 31.2. The average molecular weight is 762 g/mol. The van der Waals surface area contributed by atoms with Gasteiger partial charge in [0.25, 0.3) is 0 Å². The first-order chi connectivity index (χ1) is 25.0. The maximum Gasteiger partial charge on any atom is 0.472 e. The van der Waals surface area contributed by atoms with E-state index in [0.717, 1.165) is 51.4 Å². The number of phosphoric ester groups is 1. The van der Waals surface area contributed by atoms with Crippen LogP contribution < -0.4 is 0 Å². The van der Waals surface area contributed by atoms with Gasteiger partial charge in [-0.05, 0) is 38.5 Å². The van der Waals surface area contributed by atoms with E-state index in [4.69, 9.17) is 18.5 Å². The Kier molecular flexibility index (Phi) is 34.6. The van der Waals surface area contributed by atoms with Crippen LogP contribution in [0.4, 0.5) is 0 Å². The number of hydrogen-bond acceptors (Lipinski definition) is 7. The third-order valence-electron chi connectivity index (χ3n) is 9.30. The maximum atomic E-state index is 12.7. The summed E-state index contributed by atoms with van der Waals surface area (Å²) in [6.07, 6.45) is 35.3. The van der Waals surface area contributed by atoms with Gasteiger partial charge in [0.2, 0.25) is 0 Å². The summed E-state index contributed by atoms with van der Waals surface area (Å²) in [5.41, 5.74) is 0. The molecule has 1 unspecified atom stereocenters. The van der Waals surface area contributed by atoms with Crippen LogP contribution in [0.5, 0.6) is 0 Å². The molecular weight excluding hydrogens is 678 g/mol. The highest BCUT2D eigenvalue weighted by Crippen LogP contribution is 2.43. The van der Waals surface area contributed by atoms with E-state index >= 15 is 0 Å². The number of carbonyl (C=O) groups is 2. The van der Waals surface area contributed by atoms with Crippen LogP contribution >= 0.6 is 7.82 Å². The second-order valence-electron chi connectivity index (χ2n) is 15.7. The molecule has 0 aliphatic heterocycles. The van der Waals surface area contributed by atoms with Crippen molar-refractivity contribution in [1.29, 1.82) is 0 Å². The molecule has 0 aromatic carbocycles. The summed E-state index contributed by atoms with van der Waals surface area (Å²) in [5.74, 6) is -0.801. The van der Waals surface area contributed by atoms with Gasteiger partial charge in [0.1, 0.15) is 19.8 Å². The van der Waals surface area contributed by atoms with E-state index in [2.05, 4.69) is 26.0 Å². The van der Waals surface area contributed by atoms with Crippen molar-refractivity contribution in [3.8, 4) is 0 Å². The smallest absolute Gasteiger partial charge is 0.462 e. The summed E-state index contributed by atoms with van der Waals surface area (Å²) in [4.78, 5) is 35.3. The first-order valence-electron chi connectivity index (χ1n) is 21.4. The molecule has 2 atom stereocenters. The minimum absolute atomic E-state index is 0.0331. The fourth-order valence-corrected chi connectivity index (χ4v) is 6.63. The molecule has 0 aliphatic carbocycles. The lowest BCUT2D eigenvalue weighted by Crippen LogP contribution is -2.37. The van der Waals surface area contributed by atoms with Gasteiger partial charge in [0.15, 0.2) is 6.10 Å². The number of likely N-dealkylation sites (N-methyl/N-ethyl adjacent to an activating group) is 1. The first-order valence-corrected chi connectivity index (χ1v) is 22.9. The predicted molar refractivity (Wildman–Crippen MR) is 215 cm³/mol. The normalized spacial score (nSPS) is 13.7. The van der Waals surface area contributed by atoms with E-state index < -0.39 is 26.5 Å².